The van der Waals surface area contributed by atoms with Crippen LogP contribution in [0.25, 0.3) is 0 Å². The summed E-state index contributed by atoms with van der Waals surface area (Å²) >= 11 is 0. The lowest BCUT2D eigenvalue weighted by atomic mass is 10.0. The van der Waals surface area contributed by atoms with Crippen molar-refractivity contribution in [1.29, 1.82) is 0 Å². The molecule has 0 aliphatic heterocycles. The summed E-state index contributed by atoms with van der Waals surface area (Å²) in [4.78, 5) is 78.7. The van der Waals surface area contributed by atoms with Crippen LogP contribution in [0.15, 0.2) is 9.98 Å². The molecule has 0 saturated heterocycles. The fraction of sp³-hybridized carbons (Fsp3) is 0.864. The summed E-state index contributed by atoms with van der Waals surface area (Å²) in [7, 11) is 0. The molecule has 0 aliphatic rings. The number of isocyanates is 2. The number of aliphatic imine (C=N–C) groups is 2. The zero-order chi connectivity index (χ0) is 43.1. The van der Waals surface area contributed by atoms with E-state index in [2.05, 4.69) is 53.7 Å². The summed E-state index contributed by atoms with van der Waals surface area (Å²) in [6, 6.07) is -0.538. The van der Waals surface area contributed by atoms with E-state index in [-0.39, 0.29) is 23.9 Å². The first-order valence-electron chi connectivity index (χ1n) is 23.3. The highest BCUT2D eigenvalue weighted by Crippen LogP contribution is 2.14. The summed E-state index contributed by atoms with van der Waals surface area (Å²) in [6.07, 6.45) is 31.7. The Morgan fingerprint density at radius 1 is 0.390 bits per heavy atom. The number of rotatable bonds is 43. The Kier molecular flexibility index (Phi) is 42.4. The van der Waals surface area contributed by atoms with Crippen molar-refractivity contribution < 1.29 is 28.8 Å². The van der Waals surface area contributed by atoms with Crippen LogP contribution >= 0.6 is 0 Å². The van der Waals surface area contributed by atoms with Crippen LogP contribution in [0.4, 0.5) is 9.59 Å². The summed E-state index contributed by atoms with van der Waals surface area (Å²) < 4.78 is 0. The highest BCUT2D eigenvalue weighted by Gasteiger charge is 2.11. The molecule has 0 aromatic rings. The van der Waals surface area contributed by atoms with Crippen molar-refractivity contribution in [3.63, 3.8) is 0 Å². The monoisotopic (exact) mass is 834 g/mol. The molecule has 59 heavy (non-hydrogen) atoms. The maximum Gasteiger partial charge on any atom is 0.314 e. The number of amides is 6. The Bertz CT molecular complexity index is 1060. The topological polar surface area (TPSA) is 203 Å². The van der Waals surface area contributed by atoms with Crippen LogP contribution in [-0.4, -0.2) is 113 Å². The van der Waals surface area contributed by atoms with Crippen molar-refractivity contribution in [2.75, 3.05) is 72.0 Å². The number of urea groups is 2. The summed E-state index contributed by atoms with van der Waals surface area (Å²) in [5, 5.41) is 16.9. The van der Waals surface area contributed by atoms with Gasteiger partial charge in [0.05, 0.1) is 13.1 Å². The minimum Gasteiger partial charge on any atom is -0.354 e. The van der Waals surface area contributed by atoms with Gasteiger partial charge in [-0.05, 0) is 38.6 Å². The maximum absolute atomic E-state index is 12.6. The lowest BCUT2D eigenvalue weighted by Crippen LogP contribution is -2.41. The van der Waals surface area contributed by atoms with Gasteiger partial charge in [0.25, 0.3) is 0 Å². The lowest BCUT2D eigenvalue weighted by Gasteiger charge is -2.22. The second-order valence-corrected chi connectivity index (χ2v) is 15.5. The van der Waals surface area contributed by atoms with Crippen LogP contribution in [0.1, 0.15) is 174 Å². The van der Waals surface area contributed by atoms with Gasteiger partial charge in [0.1, 0.15) is 0 Å². The Morgan fingerprint density at radius 3 is 1.10 bits per heavy atom. The van der Waals surface area contributed by atoms with E-state index in [1.54, 1.807) is 0 Å². The summed E-state index contributed by atoms with van der Waals surface area (Å²) in [6.45, 7) is 7.57. The molecular weight excluding hydrogens is 751 g/mol. The zero-order valence-corrected chi connectivity index (χ0v) is 37.0. The third-order valence-corrected chi connectivity index (χ3v) is 10.2. The molecule has 6 amide bonds. The van der Waals surface area contributed by atoms with Crippen molar-refractivity contribution in [3.8, 4) is 0 Å². The lowest BCUT2D eigenvalue weighted by molar-refractivity contribution is -0.121. The normalized spacial score (nSPS) is 10.7. The molecule has 0 heterocycles. The largest absolute Gasteiger partial charge is 0.354 e. The van der Waals surface area contributed by atoms with Gasteiger partial charge >= 0.3 is 12.1 Å². The van der Waals surface area contributed by atoms with E-state index < -0.39 is 0 Å². The Morgan fingerprint density at radius 2 is 0.712 bits per heavy atom. The van der Waals surface area contributed by atoms with Gasteiger partial charge in [-0.15, -0.1) is 0 Å². The minimum absolute atomic E-state index is 0.0961. The number of nitrogens with one attached hydrogen (secondary N) is 6. The Hall–Kier alpha value is -3.80. The quantitative estimate of drug-likeness (QED) is 0.0217. The Balaban J connectivity index is 4.37. The molecule has 0 aromatic carbocycles. The first-order chi connectivity index (χ1) is 28.9. The van der Waals surface area contributed by atoms with Crippen molar-refractivity contribution in [3.05, 3.63) is 0 Å². The van der Waals surface area contributed by atoms with Crippen molar-refractivity contribution >= 4 is 36.0 Å². The van der Waals surface area contributed by atoms with E-state index in [0.717, 1.165) is 70.8 Å². The molecule has 0 spiro atoms. The summed E-state index contributed by atoms with van der Waals surface area (Å²) in [5.41, 5.74) is 0. The third-order valence-electron chi connectivity index (χ3n) is 10.2. The number of carbonyl (C=O) groups excluding carboxylic acids is 6. The van der Waals surface area contributed by atoms with Crippen LogP contribution in [0.3, 0.4) is 0 Å². The number of hydrogen-bond donors (Lipinski definition) is 6. The highest BCUT2D eigenvalue weighted by molar-refractivity contribution is 5.77. The van der Waals surface area contributed by atoms with Crippen molar-refractivity contribution in [2.24, 2.45) is 9.98 Å². The fourth-order valence-corrected chi connectivity index (χ4v) is 6.63. The number of carbonyl (C=O) groups is 4. The Labute approximate surface area is 356 Å². The third kappa shape index (κ3) is 43.6. The van der Waals surface area contributed by atoms with E-state index in [4.69, 9.17) is 0 Å². The van der Waals surface area contributed by atoms with Gasteiger partial charge < -0.3 is 36.8 Å². The van der Waals surface area contributed by atoms with Crippen LogP contribution in [-0.2, 0) is 19.2 Å². The average molecular weight is 834 g/mol. The van der Waals surface area contributed by atoms with Crippen molar-refractivity contribution in [2.45, 2.75) is 174 Å². The van der Waals surface area contributed by atoms with Gasteiger partial charge in [-0.3, -0.25) is 9.59 Å². The SMILES string of the molecule is CCCCCCCCCCCCCCCCCCN(CCC(=O)NCCNC(=O)NCCCCCCN=C=O)CCC(=O)NCCNC(=O)NCCCCCCN=C=O. The molecule has 340 valence electrons. The molecule has 0 atom stereocenters. The molecular formula is C44H83N9O6. The number of hydrogen-bond acceptors (Lipinski definition) is 9. The molecule has 0 rings (SSSR count). The molecule has 0 saturated carbocycles. The maximum atomic E-state index is 12.6. The predicted octanol–water partition coefficient (Wildman–Crippen LogP) is 6.95. The number of unbranched alkanes of at least 4 members (excludes halogenated alkanes) is 21. The smallest absolute Gasteiger partial charge is 0.314 e. The molecule has 0 aromatic heterocycles. The molecule has 0 unspecified atom stereocenters. The van der Waals surface area contributed by atoms with Gasteiger partial charge in [0.15, 0.2) is 0 Å². The summed E-state index contributed by atoms with van der Waals surface area (Å²) in [5.74, 6) is -0.192. The second kappa shape index (κ2) is 45.3. The van der Waals surface area contributed by atoms with Gasteiger partial charge in [-0.1, -0.05) is 129 Å². The molecule has 0 aliphatic carbocycles. The predicted molar refractivity (Wildman–Crippen MR) is 237 cm³/mol. The molecule has 0 bridgehead atoms. The first-order valence-corrected chi connectivity index (χ1v) is 23.3. The van der Waals surface area contributed by atoms with E-state index in [1.807, 2.05) is 0 Å². The van der Waals surface area contributed by atoms with Gasteiger partial charge in [-0.2, -0.15) is 0 Å². The molecule has 6 N–H and O–H groups in total. The van der Waals surface area contributed by atoms with E-state index in [9.17, 15) is 28.8 Å². The zero-order valence-electron chi connectivity index (χ0n) is 37.0. The van der Waals surface area contributed by atoms with E-state index in [1.165, 1.54) is 102 Å². The van der Waals surface area contributed by atoms with Crippen molar-refractivity contribution in [1.82, 2.24) is 36.8 Å². The van der Waals surface area contributed by atoms with Crippen LogP contribution in [0.2, 0.25) is 0 Å². The first kappa shape index (κ1) is 55.2. The minimum atomic E-state index is -0.269. The second-order valence-electron chi connectivity index (χ2n) is 15.5. The van der Waals surface area contributed by atoms with Crippen LogP contribution < -0.4 is 31.9 Å². The fourth-order valence-electron chi connectivity index (χ4n) is 6.63. The van der Waals surface area contributed by atoms with Crippen LogP contribution in [0.5, 0.6) is 0 Å². The van der Waals surface area contributed by atoms with E-state index >= 15 is 0 Å². The molecule has 0 radical (unpaired) electrons. The standard InChI is InChI=1S/C44H83N9O6/c1-2-3-4-5-6-7-8-9-10-11-12-13-14-15-20-25-36-53(37-26-41(56)47-32-34-51-43(58)49-30-23-18-16-21-28-45-39-54)38-27-42(57)48-33-35-52-44(59)50-31-24-19-17-22-29-46-40-55/h2-38H2,1H3,(H,47,56)(H,48,57)(H2,49,51,58)(H2,50,52,59). The molecule has 15 heteroatoms. The highest BCUT2D eigenvalue weighted by atomic mass is 16.2. The average Bonchev–Trinajstić information content (AvgIpc) is 3.23. The molecule has 0 fully saturated rings. The van der Waals surface area contributed by atoms with Gasteiger partial charge in [0.2, 0.25) is 24.0 Å². The van der Waals surface area contributed by atoms with E-state index in [0.29, 0.717) is 78.3 Å². The molecule has 15 nitrogen and oxygen atoms in total. The number of nitrogens with zero attached hydrogens (tertiary/aromatic N) is 3. The van der Waals surface area contributed by atoms with Gasteiger partial charge in [-0.25, -0.2) is 29.2 Å². The van der Waals surface area contributed by atoms with Gasteiger partial charge in [0, 0.05) is 65.2 Å². The van der Waals surface area contributed by atoms with Crippen LogP contribution in [0, 0.1) is 0 Å².